The minimum atomic E-state index is -0.181. The molecular formula is C19H21N3O3. The van der Waals surface area contributed by atoms with E-state index in [0.717, 1.165) is 17.7 Å². The average molecular weight is 339 g/mol. The number of amides is 2. The first-order valence-corrected chi connectivity index (χ1v) is 8.24. The number of nitrogens with zero attached hydrogens (tertiary/aromatic N) is 1. The molecule has 6 heteroatoms. The summed E-state index contributed by atoms with van der Waals surface area (Å²) in [4.78, 5) is 25.8. The quantitative estimate of drug-likeness (QED) is 0.874. The van der Waals surface area contributed by atoms with Gasteiger partial charge in [-0.15, -0.1) is 0 Å². The van der Waals surface area contributed by atoms with Crippen LogP contribution in [0.15, 0.2) is 42.5 Å². The SMILES string of the molecule is CC(=O)N1CCc2cc(C(=O)Nc3ccc(OCCN)cc3)ccc21. The Morgan fingerprint density at radius 2 is 1.96 bits per heavy atom. The average Bonchev–Trinajstić information content (AvgIpc) is 3.04. The number of nitrogens with two attached hydrogens (primary N) is 1. The molecule has 0 atom stereocenters. The van der Waals surface area contributed by atoms with Crippen molar-refractivity contribution in [1.82, 2.24) is 0 Å². The summed E-state index contributed by atoms with van der Waals surface area (Å²) < 4.78 is 5.41. The van der Waals surface area contributed by atoms with Crippen molar-refractivity contribution < 1.29 is 14.3 Å². The number of carbonyl (C=O) groups excluding carboxylic acids is 2. The van der Waals surface area contributed by atoms with Gasteiger partial charge in [0.25, 0.3) is 5.91 Å². The fraction of sp³-hybridized carbons (Fsp3) is 0.263. The Balaban J connectivity index is 1.69. The van der Waals surface area contributed by atoms with Crippen LogP contribution in [0.3, 0.4) is 0 Å². The van der Waals surface area contributed by atoms with Gasteiger partial charge in [-0.1, -0.05) is 0 Å². The summed E-state index contributed by atoms with van der Waals surface area (Å²) in [6.07, 6.45) is 0.767. The summed E-state index contributed by atoms with van der Waals surface area (Å²) >= 11 is 0. The second kappa shape index (κ2) is 7.36. The van der Waals surface area contributed by atoms with E-state index in [9.17, 15) is 9.59 Å². The monoisotopic (exact) mass is 339 g/mol. The van der Waals surface area contributed by atoms with Gasteiger partial charge in [0.15, 0.2) is 0 Å². The molecular weight excluding hydrogens is 318 g/mol. The molecule has 0 aromatic heterocycles. The Morgan fingerprint density at radius 1 is 1.20 bits per heavy atom. The largest absolute Gasteiger partial charge is 0.492 e. The van der Waals surface area contributed by atoms with Crippen LogP contribution in [0.25, 0.3) is 0 Å². The molecule has 1 heterocycles. The van der Waals surface area contributed by atoms with Crippen molar-refractivity contribution in [1.29, 1.82) is 0 Å². The van der Waals surface area contributed by atoms with E-state index in [0.29, 0.717) is 36.7 Å². The molecule has 0 unspecified atom stereocenters. The number of hydrogen-bond acceptors (Lipinski definition) is 4. The molecule has 3 N–H and O–H groups in total. The van der Waals surface area contributed by atoms with Gasteiger partial charge in [0, 0.05) is 37.0 Å². The van der Waals surface area contributed by atoms with Gasteiger partial charge >= 0.3 is 0 Å². The van der Waals surface area contributed by atoms with Gasteiger partial charge in [-0.05, 0) is 54.4 Å². The van der Waals surface area contributed by atoms with Crippen LogP contribution in [0.2, 0.25) is 0 Å². The Labute approximate surface area is 146 Å². The molecule has 2 aromatic carbocycles. The summed E-state index contributed by atoms with van der Waals surface area (Å²) in [6, 6.07) is 12.6. The molecule has 0 saturated heterocycles. The van der Waals surface area contributed by atoms with Crippen molar-refractivity contribution in [3.05, 3.63) is 53.6 Å². The van der Waals surface area contributed by atoms with Gasteiger partial charge in [0.1, 0.15) is 12.4 Å². The standard InChI is InChI=1S/C19H21N3O3/c1-13(23)22-10-8-14-12-15(2-7-18(14)22)19(24)21-16-3-5-17(6-4-16)25-11-9-20/h2-7,12H,8-11,20H2,1H3,(H,21,24). The summed E-state index contributed by atoms with van der Waals surface area (Å²) in [5.74, 6) is 0.554. The van der Waals surface area contributed by atoms with Crippen molar-refractivity contribution in [3.63, 3.8) is 0 Å². The molecule has 0 bridgehead atoms. The maximum absolute atomic E-state index is 12.4. The topological polar surface area (TPSA) is 84.7 Å². The highest BCUT2D eigenvalue weighted by atomic mass is 16.5. The van der Waals surface area contributed by atoms with Crippen molar-refractivity contribution >= 4 is 23.2 Å². The van der Waals surface area contributed by atoms with Gasteiger partial charge in [0.2, 0.25) is 5.91 Å². The smallest absolute Gasteiger partial charge is 0.255 e. The maximum Gasteiger partial charge on any atom is 0.255 e. The molecule has 0 aliphatic carbocycles. The zero-order valence-corrected chi connectivity index (χ0v) is 14.1. The number of carbonyl (C=O) groups is 2. The first kappa shape index (κ1) is 17.0. The number of benzene rings is 2. The molecule has 0 spiro atoms. The highest BCUT2D eigenvalue weighted by Crippen LogP contribution is 2.29. The highest BCUT2D eigenvalue weighted by molar-refractivity contribution is 6.05. The van der Waals surface area contributed by atoms with Crippen LogP contribution in [0.1, 0.15) is 22.8 Å². The molecule has 0 fully saturated rings. The minimum absolute atomic E-state index is 0.0212. The predicted molar refractivity (Wildman–Crippen MR) is 97.1 cm³/mol. The zero-order valence-electron chi connectivity index (χ0n) is 14.1. The van der Waals surface area contributed by atoms with Gasteiger partial charge in [-0.25, -0.2) is 0 Å². The van der Waals surface area contributed by atoms with E-state index in [4.69, 9.17) is 10.5 Å². The van der Waals surface area contributed by atoms with Crippen LogP contribution in [0.4, 0.5) is 11.4 Å². The number of fused-ring (bicyclic) bond motifs is 1. The van der Waals surface area contributed by atoms with Gasteiger partial charge in [-0.2, -0.15) is 0 Å². The van der Waals surface area contributed by atoms with Crippen molar-refractivity contribution in [2.75, 3.05) is 29.9 Å². The van der Waals surface area contributed by atoms with Crippen molar-refractivity contribution in [2.45, 2.75) is 13.3 Å². The normalized spacial score (nSPS) is 12.6. The molecule has 25 heavy (non-hydrogen) atoms. The molecule has 2 aromatic rings. The van der Waals surface area contributed by atoms with E-state index in [2.05, 4.69) is 5.32 Å². The van der Waals surface area contributed by atoms with Crippen molar-refractivity contribution in [3.8, 4) is 5.75 Å². The third-order valence-electron chi connectivity index (χ3n) is 4.12. The Hall–Kier alpha value is -2.86. The number of nitrogens with one attached hydrogen (secondary N) is 1. The van der Waals surface area contributed by atoms with Gasteiger partial charge < -0.3 is 20.7 Å². The van der Waals surface area contributed by atoms with Crippen LogP contribution in [0.5, 0.6) is 5.75 Å². The maximum atomic E-state index is 12.4. The first-order valence-electron chi connectivity index (χ1n) is 8.24. The van der Waals surface area contributed by atoms with E-state index in [1.807, 2.05) is 12.1 Å². The summed E-state index contributed by atoms with van der Waals surface area (Å²) in [6.45, 7) is 3.13. The lowest BCUT2D eigenvalue weighted by Crippen LogP contribution is -2.25. The van der Waals surface area contributed by atoms with Crippen LogP contribution >= 0.6 is 0 Å². The number of rotatable bonds is 5. The summed E-state index contributed by atoms with van der Waals surface area (Å²) in [5.41, 5.74) is 8.58. The third-order valence-corrected chi connectivity index (χ3v) is 4.12. The lowest BCUT2D eigenvalue weighted by Gasteiger charge is -2.14. The highest BCUT2D eigenvalue weighted by Gasteiger charge is 2.23. The second-order valence-electron chi connectivity index (χ2n) is 5.88. The molecule has 6 nitrogen and oxygen atoms in total. The predicted octanol–water partition coefficient (Wildman–Crippen LogP) is 2.19. The van der Waals surface area contributed by atoms with E-state index in [1.54, 1.807) is 42.2 Å². The molecule has 1 aliphatic rings. The Bertz CT molecular complexity index is 787. The lowest BCUT2D eigenvalue weighted by atomic mass is 10.1. The summed E-state index contributed by atoms with van der Waals surface area (Å²) in [7, 11) is 0. The molecule has 130 valence electrons. The summed E-state index contributed by atoms with van der Waals surface area (Å²) in [5, 5.41) is 2.87. The third kappa shape index (κ3) is 3.80. The second-order valence-corrected chi connectivity index (χ2v) is 5.88. The molecule has 0 saturated carbocycles. The molecule has 1 aliphatic heterocycles. The Morgan fingerprint density at radius 3 is 2.64 bits per heavy atom. The molecule has 3 rings (SSSR count). The number of hydrogen-bond donors (Lipinski definition) is 2. The first-order chi connectivity index (χ1) is 12.1. The number of anilines is 2. The molecule has 0 radical (unpaired) electrons. The van der Waals surface area contributed by atoms with Crippen LogP contribution in [0, 0.1) is 0 Å². The number of ether oxygens (including phenoxy) is 1. The Kier molecular flexibility index (Phi) is 5.00. The fourth-order valence-electron chi connectivity index (χ4n) is 2.88. The molecule has 2 amide bonds. The van der Waals surface area contributed by atoms with Gasteiger partial charge in [0.05, 0.1) is 0 Å². The van der Waals surface area contributed by atoms with Crippen LogP contribution < -0.4 is 20.7 Å². The zero-order chi connectivity index (χ0) is 17.8. The van der Waals surface area contributed by atoms with Crippen LogP contribution in [-0.2, 0) is 11.2 Å². The van der Waals surface area contributed by atoms with E-state index < -0.39 is 0 Å². The van der Waals surface area contributed by atoms with Gasteiger partial charge in [-0.3, -0.25) is 9.59 Å². The van der Waals surface area contributed by atoms with E-state index in [-0.39, 0.29) is 11.8 Å². The fourth-order valence-corrected chi connectivity index (χ4v) is 2.88. The van der Waals surface area contributed by atoms with E-state index in [1.165, 1.54) is 0 Å². The van der Waals surface area contributed by atoms with Crippen LogP contribution in [-0.4, -0.2) is 31.5 Å². The minimum Gasteiger partial charge on any atom is -0.492 e. The lowest BCUT2D eigenvalue weighted by molar-refractivity contribution is -0.116. The van der Waals surface area contributed by atoms with Crippen molar-refractivity contribution in [2.24, 2.45) is 5.73 Å². The van der Waals surface area contributed by atoms with E-state index >= 15 is 0 Å².